The van der Waals surface area contributed by atoms with Crippen LogP contribution in [0, 0.1) is 14.9 Å². The van der Waals surface area contributed by atoms with Gasteiger partial charge in [-0.05, 0) is 0 Å². The zero-order valence-corrected chi connectivity index (χ0v) is 22.2. The molecule has 0 nitrogen and oxygen atoms in total. The van der Waals surface area contributed by atoms with E-state index in [9.17, 15) is 0 Å². The molecule has 0 spiro atoms. The van der Waals surface area contributed by atoms with Crippen LogP contribution in [0.3, 0.4) is 0 Å². The van der Waals surface area contributed by atoms with Crippen molar-refractivity contribution in [2.75, 3.05) is 0 Å². The maximum absolute atomic E-state index is 2.55. The second-order valence-electron chi connectivity index (χ2n) is 5.30. The normalized spacial score (nSPS) is 8.40. The monoisotopic (exact) mass is 584 g/mol. The molecule has 0 aromatic heterocycles. The van der Waals surface area contributed by atoms with E-state index in [1.165, 1.54) is 0 Å². The average molecular weight is 582 g/mol. The van der Waals surface area contributed by atoms with Crippen LogP contribution in [0.1, 0.15) is 14.9 Å². The molecule has 0 atom stereocenters. The van der Waals surface area contributed by atoms with Gasteiger partial charge in [-0.1, -0.05) is 14.9 Å². The van der Waals surface area contributed by atoms with E-state index in [2.05, 4.69) is 29.6 Å². The minimum atomic E-state index is -1.35. The van der Waals surface area contributed by atoms with Crippen molar-refractivity contribution in [1.29, 1.82) is 0 Å². The average Bonchev–Trinajstić information content (AvgIpc) is 1.14. The quantitative estimate of drug-likeness (QED) is 0.304. The third kappa shape index (κ3) is 46.3. The van der Waals surface area contributed by atoms with Crippen molar-refractivity contribution in [3.8, 4) is 0 Å². The summed E-state index contributed by atoms with van der Waals surface area (Å²) in [6.45, 7) is 0. The summed E-state index contributed by atoms with van der Waals surface area (Å²) in [5, 5.41) is 0. The van der Waals surface area contributed by atoms with Gasteiger partial charge in [-0.15, -0.1) is 0 Å². The van der Waals surface area contributed by atoms with E-state index in [0.717, 1.165) is 0 Å². The summed E-state index contributed by atoms with van der Waals surface area (Å²) in [6, 6.07) is 0. The molecule has 0 aliphatic carbocycles. The van der Waals surface area contributed by atoms with E-state index in [1.807, 2.05) is 0 Å². The zero-order chi connectivity index (χ0) is 7.71. The molecule has 94 valence electrons. The van der Waals surface area contributed by atoms with Crippen molar-refractivity contribution in [1.82, 2.24) is 0 Å². The predicted molar refractivity (Wildman–Crippen MR) is 77.8 cm³/mol. The van der Waals surface area contributed by atoms with Crippen LogP contribution in [0.15, 0.2) is 0 Å². The van der Waals surface area contributed by atoms with E-state index in [0.29, 0.717) is 0 Å². The van der Waals surface area contributed by atoms with Crippen LogP contribution in [0.5, 0.6) is 0 Å². The summed E-state index contributed by atoms with van der Waals surface area (Å²) in [4.78, 5) is 15.3. The molecule has 0 unspecified atom stereocenters. The minimum absolute atomic E-state index is 0. The first-order valence-electron chi connectivity index (χ1n) is 3.71. The number of hydrogen-bond donors (Lipinski definition) is 0. The summed E-state index contributed by atoms with van der Waals surface area (Å²) in [5.41, 5.74) is 0. The van der Waals surface area contributed by atoms with Crippen molar-refractivity contribution >= 4 is 36.8 Å². The van der Waals surface area contributed by atoms with Gasteiger partial charge in [0.2, 0.25) is 0 Å². The van der Waals surface area contributed by atoms with Crippen LogP contribution in [-0.4, -0.2) is 36.8 Å². The Hall–Kier alpha value is 3.81. The largest absolute Gasteiger partial charge is 0 e. The third-order valence-corrected chi connectivity index (χ3v) is 47.7. The summed E-state index contributed by atoms with van der Waals surface area (Å²) in [7, 11) is 0. The predicted octanol–water partition coefficient (Wildman–Crippen LogP) is 5.37. The molecule has 0 aliphatic rings. The third-order valence-electron chi connectivity index (χ3n) is 1.06. The number of rotatable bonds is 2. The molecule has 0 rings (SSSR count). The molecule has 0 saturated heterocycles. The van der Waals surface area contributed by atoms with Crippen molar-refractivity contribution in [2.24, 2.45) is 0 Å². The van der Waals surface area contributed by atoms with Gasteiger partial charge in [0, 0.05) is 65.4 Å². The fourth-order valence-corrected chi connectivity index (χ4v) is 71.6. The van der Waals surface area contributed by atoms with Crippen LogP contribution in [0.25, 0.3) is 0 Å². The first-order chi connectivity index (χ1) is 3.71. The molecule has 2 radical (unpaired) electrons. The Kier molecular flexibility index (Phi) is 50.8. The Morgan fingerprint density at radius 3 is 0.733 bits per heavy atom. The van der Waals surface area contributed by atoms with E-state index in [-0.39, 0.29) is 95.1 Å². The molecule has 0 fully saturated rings. The maximum Gasteiger partial charge on any atom is 0 e. The van der Waals surface area contributed by atoms with Gasteiger partial charge >= 0.3 is 68.8 Å². The molecule has 0 aromatic rings. The molecule has 15 heavy (non-hydrogen) atoms. The van der Waals surface area contributed by atoms with Crippen molar-refractivity contribution in [3.63, 3.8) is 0 Å². The SMILES string of the molecule is C.C.[CH3-].[CH3-].[CH3][Sn]([CH3])([CH3])[CH2][Sn]([CH3])([CH3])[CH3].[Y].[Y]. The summed E-state index contributed by atoms with van der Waals surface area (Å²) in [5.74, 6) is 0. The van der Waals surface area contributed by atoms with Crippen LogP contribution in [-0.2, 0) is 65.4 Å². The Labute approximate surface area is 160 Å². The Morgan fingerprint density at radius 2 is 0.733 bits per heavy atom. The molecule has 0 saturated carbocycles. The fourth-order valence-electron chi connectivity index (χ4n) is 1.59. The Bertz CT molecular complexity index is 81.7. The fraction of sp³-hybridized carbons (Fsp3) is 0.818. The zero-order valence-electron chi connectivity index (χ0n) is 10.9. The molecular formula is C11H34Sn2Y2-2. The topological polar surface area (TPSA) is 0 Å². The molecule has 4 heteroatoms. The van der Waals surface area contributed by atoms with Gasteiger partial charge in [0.1, 0.15) is 0 Å². The van der Waals surface area contributed by atoms with Crippen molar-refractivity contribution in [2.45, 2.75) is 46.9 Å². The van der Waals surface area contributed by atoms with Gasteiger partial charge in [0.15, 0.2) is 0 Å². The molecule has 0 amide bonds. The minimum Gasteiger partial charge on any atom is 0 e. The Morgan fingerprint density at radius 1 is 0.600 bits per heavy atom. The van der Waals surface area contributed by atoms with Crippen LogP contribution >= 0.6 is 0 Å². The Balaban J connectivity index is -0.0000000213. The van der Waals surface area contributed by atoms with Gasteiger partial charge in [-0.25, -0.2) is 0 Å². The van der Waals surface area contributed by atoms with E-state index in [4.69, 9.17) is 0 Å². The van der Waals surface area contributed by atoms with Gasteiger partial charge in [0.25, 0.3) is 0 Å². The second kappa shape index (κ2) is 17.8. The molecule has 0 N–H and O–H groups in total. The van der Waals surface area contributed by atoms with Crippen LogP contribution < -0.4 is 0 Å². The van der Waals surface area contributed by atoms with Gasteiger partial charge in [-0.3, -0.25) is 0 Å². The standard InChI is InChI=1S/2CH4.8CH3.CH2.2Sn.2Y/h2*1H4;8*1H3;1H2;;;;/q;;;;;;;;2*-1;;;;;. The summed E-state index contributed by atoms with van der Waals surface area (Å²) < 4.78 is 1.71. The molecule has 0 bridgehead atoms. The molecular weight excluding hydrogens is 547 g/mol. The number of hydrogen-bond acceptors (Lipinski definition) is 0. The summed E-state index contributed by atoms with van der Waals surface area (Å²) in [6.07, 6.45) is 0. The van der Waals surface area contributed by atoms with E-state index in [1.54, 1.807) is 2.45 Å². The second-order valence-corrected chi connectivity index (χ2v) is 42.3. The van der Waals surface area contributed by atoms with Crippen LogP contribution in [0.2, 0.25) is 32.1 Å². The van der Waals surface area contributed by atoms with Gasteiger partial charge in [-0.2, -0.15) is 0 Å². The van der Waals surface area contributed by atoms with Gasteiger partial charge < -0.3 is 14.9 Å². The van der Waals surface area contributed by atoms with Crippen molar-refractivity contribution < 1.29 is 65.4 Å². The molecule has 0 aliphatic heterocycles. The van der Waals surface area contributed by atoms with Crippen LogP contribution in [0.4, 0.5) is 0 Å². The smallest absolute Gasteiger partial charge is 0 e. The van der Waals surface area contributed by atoms with E-state index >= 15 is 0 Å². The maximum atomic E-state index is 2.55. The first kappa shape index (κ1) is 42.8. The van der Waals surface area contributed by atoms with Gasteiger partial charge in [0.05, 0.1) is 0 Å². The van der Waals surface area contributed by atoms with Crippen molar-refractivity contribution in [3.05, 3.63) is 14.9 Å². The first-order valence-corrected chi connectivity index (χ1v) is 24.9. The molecule has 0 heterocycles. The summed E-state index contributed by atoms with van der Waals surface area (Å²) >= 11 is -2.71. The van der Waals surface area contributed by atoms with E-state index < -0.39 is 36.8 Å². The molecule has 0 aromatic carbocycles.